The van der Waals surface area contributed by atoms with Crippen molar-refractivity contribution in [2.24, 2.45) is 0 Å². The maximum atomic E-state index is 12.7. The third-order valence-corrected chi connectivity index (χ3v) is 5.92. The van der Waals surface area contributed by atoms with E-state index in [9.17, 15) is 9.59 Å². The highest BCUT2D eigenvalue weighted by Gasteiger charge is 2.35. The molecule has 128 valence electrons. The molecule has 1 heterocycles. The van der Waals surface area contributed by atoms with Crippen molar-refractivity contribution >= 4 is 74.2 Å². The summed E-state index contributed by atoms with van der Waals surface area (Å²) in [5.41, 5.74) is 1.72. The van der Waals surface area contributed by atoms with Gasteiger partial charge < -0.3 is 4.74 Å². The van der Waals surface area contributed by atoms with Crippen molar-refractivity contribution in [2.75, 3.05) is 7.11 Å². The number of ether oxygens (including phenoxy) is 1. The molecular weight excluding hydrogens is 564 g/mol. The number of methoxy groups -OCH3 is 1. The second kappa shape index (κ2) is 8.09. The summed E-state index contributed by atoms with van der Waals surface area (Å²) in [7, 11) is 1.60. The van der Waals surface area contributed by atoms with Crippen LogP contribution in [0.5, 0.6) is 5.75 Å². The third-order valence-electron chi connectivity index (χ3n) is 3.58. The average molecular weight is 577 g/mol. The van der Waals surface area contributed by atoms with Gasteiger partial charge in [0.2, 0.25) is 0 Å². The van der Waals surface area contributed by atoms with E-state index in [0.717, 1.165) is 30.0 Å². The summed E-state index contributed by atoms with van der Waals surface area (Å²) in [5, 5.41) is -0.251. The lowest BCUT2D eigenvalue weighted by Crippen LogP contribution is -2.27. The van der Waals surface area contributed by atoms with Crippen LogP contribution in [0.1, 0.15) is 11.1 Å². The van der Waals surface area contributed by atoms with Gasteiger partial charge in [0.05, 0.1) is 22.1 Å². The van der Waals surface area contributed by atoms with E-state index in [1.807, 2.05) is 42.5 Å². The van der Waals surface area contributed by atoms with Gasteiger partial charge in [0, 0.05) is 9.13 Å². The van der Waals surface area contributed by atoms with E-state index in [1.54, 1.807) is 13.2 Å². The number of carbonyl (C=O) groups is 2. The lowest BCUT2D eigenvalue weighted by Gasteiger charge is -2.12. The van der Waals surface area contributed by atoms with Crippen LogP contribution in [0.3, 0.4) is 0 Å². The summed E-state index contributed by atoms with van der Waals surface area (Å²) in [6, 6.07) is 13.4. The first-order valence-electron chi connectivity index (χ1n) is 7.32. The zero-order valence-electron chi connectivity index (χ0n) is 13.2. The molecule has 2 aromatic rings. The van der Waals surface area contributed by atoms with Crippen LogP contribution >= 0.6 is 56.9 Å². The molecule has 1 aliphatic rings. The van der Waals surface area contributed by atoms with Crippen LogP contribution in [0.2, 0.25) is 0 Å². The van der Waals surface area contributed by atoms with Crippen LogP contribution < -0.4 is 4.74 Å². The highest BCUT2D eigenvalue weighted by molar-refractivity contribution is 14.1. The molecule has 2 aromatic carbocycles. The lowest BCUT2D eigenvalue weighted by atomic mass is 10.1. The van der Waals surface area contributed by atoms with Crippen molar-refractivity contribution in [1.82, 2.24) is 4.90 Å². The van der Waals surface area contributed by atoms with E-state index >= 15 is 0 Å². The molecule has 3 rings (SSSR count). The third kappa shape index (κ3) is 4.20. The van der Waals surface area contributed by atoms with Gasteiger partial charge in [0.15, 0.2) is 0 Å². The molecule has 0 aliphatic carbocycles. The first kappa shape index (κ1) is 18.7. The number of imide groups is 1. The largest absolute Gasteiger partial charge is 0.495 e. The van der Waals surface area contributed by atoms with Crippen LogP contribution in [0.25, 0.3) is 6.08 Å². The number of hydrogen-bond acceptors (Lipinski definition) is 4. The van der Waals surface area contributed by atoms with Crippen LogP contribution in [0.15, 0.2) is 47.4 Å². The lowest BCUT2D eigenvalue weighted by molar-refractivity contribution is -0.123. The highest BCUT2D eigenvalue weighted by atomic mass is 127. The molecule has 0 unspecified atom stereocenters. The predicted molar refractivity (Wildman–Crippen MR) is 116 cm³/mol. The molecule has 0 atom stereocenters. The molecule has 0 spiro atoms. The van der Waals surface area contributed by atoms with Gasteiger partial charge in [-0.15, -0.1) is 0 Å². The SMILES string of the molecule is COc1c(I)cc(I)cc1/C=C1\SC(=O)N(Cc2ccccc2)C1=O. The highest BCUT2D eigenvalue weighted by Crippen LogP contribution is 2.36. The maximum absolute atomic E-state index is 12.7. The quantitative estimate of drug-likeness (QED) is 0.373. The van der Waals surface area contributed by atoms with Crippen molar-refractivity contribution in [2.45, 2.75) is 6.54 Å². The Morgan fingerprint density at radius 2 is 1.88 bits per heavy atom. The number of thioether (sulfide) groups is 1. The summed E-state index contributed by atoms with van der Waals surface area (Å²) in [5.74, 6) is 0.436. The number of hydrogen-bond donors (Lipinski definition) is 0. The standard InChI is InChI=1S/C18H13I2NO3S/c1-24-16-12(7-13(19)9-14(16)20)8-15-17(22)21(18(23)25-15)10-11-5-3-2-4-6-11/h2-9H,10H2,1H3/b15-8-. The first-order valence-corrected chi connectivity index (χ1v) is 10.3. The number of rotatable bonds is 4. The van der Waals surface area contributed by atoms with E-state index in [4.69, 9.17) is 4.74 Å². The Kier molecular flexibility index (Phi) is 6.05. The van der Waals surface area contributed by atoms with Gasteiger partial charge >= 0.3 is 0 Å². The molecule has 25 heavy (non-hydrogen) atoms. The molecule has 1 aliphatic heterocycles. The smallest absolute Gasteiger partial charge is 0.293 e. The minimum atomic E-state index is -0.269. The molecule has 0 radical (unpaired) electrons. The van der Waals surface area contributed by atoms with E-state index in [0.29, 0.717) is 10.7 Å². The fourth-order valence-corrected chi connectivity index (χ4v) is 5.39. The zero-order valence-corrected chi connectivity index (χ0v) is 18.3. The van der Waals surface area contributed by atoms with Gasteiger partial charge in [0.25, 0.3) is 11.1 Å². The number of halogens is 2. The Hall–Kier alpha value is -1.07. The Bertz CT molecular complexity index is 868. The molecule has 0 N–H and O–H groups in total. The van der Waals surface area contributed by atoms with Crippen LogP contribution in [-0.4, -0.2) is 23.2 Å². The van der Waals surface area contributed by atoms with Crippen molar-refractivity contribution < 1.29 is 14.3 Å². The van der Waals surface area contributed by atoms with Gasteiger partial charge in [0.1, 0.15) is 5.75 Å². The Morgan fingerprint density at radius 1 is 1.16 bits per heavy atom. The minimum absolute atomic E-state index is 0.251. The number of amides is 2. The van der Waals surface area contributed by atoms with Gasteiger partial charge in [-0.1, -0.05) is 30.3 Å². The van der Waals surface area contributed by atoms with Gasteiger partial charge in [-0.25, -0.2) is 0 Å². The minimum Gasteiger partial charge on any atom is -0.495 e. The number of carbonyl (C=O) groups excluding carboxylic acids is 2. The Balaban J connectivity index is 1.91. The normalized spacial score (nSPS) is 16.0. The summed E-state index contributed by atoms with van der Waals surface area (Å²) in [4.78, 5) is 26.6. The molecule has 1 saturated heterocycles. The van der Waals surface area contributed by atoms with Crippen molar-refractivity contribution in [1.29, 1.82) is 0 Å². The van der Waals surface area contributed by atoms with Crippen LogP contribution in [0.4, 0.5) is 4.79 Å². The van der Waals surface area contributed by atoms with E-state index in [1.165, 1.54) is 4.90 Å². The molecular formula is C18H13I2NO3S. The average Bonchev–Trinajstić information content (AvgIpc) is 2.83. The monoisotopic (exact) mass is 577 g/mol. The molecule has 7 heteroatoms. The fourth-order valence-electron chi connectivity index (χ4n) is 2.45. The Morgan fingerprint density at radius 3 is 2.56 bits per heavy atom. The zero-order chi connectivity index (χ0) is 18.0. The first-order chi connectivity index (χ1) is 12.0. The molecule has 2 amide bonds. The number of benzene rings is 2. The van der Waals surface area contributed by atoms with E-state index < -0.39 is 0 Å². The van der Waals surface area contributed by atoms with Crippen molar-refractivity contribution in [3.63, 3.8) is 0 Å². The van der Waals surface area contributed by atoms with E-state index in [2.05, 4.69) is 45.2 Å². The van der Waals surface area contributed by atoms with Crippen LogP contribution in [0, 0.1) is 7.14 Å². The summed E-state index contributed by atoms with van der Waals surface area (Å²) >= 11 is 5.38. The molecule has 0 aromatic heterocycles. The van der Waals surface area contributed by atoms with Crippen molar-refractivity contribution in [3.8, 4) is 5.75 Å². The van der Waals surface area contributed by atoms with Gasteiger partial charge in [-0.2, -0.15) is 0 Å². The van der Waals surface area contributed by atoms with E-state index in [-0.39, 0.29) is 17.7 Å². The summed E-state index contributed by atoms with van der Waals surface area (Å²) in [6.45, 7) is 0.282. The van der Waals surface area contributed by atoms with Gasteiger partial charge in [-0.05, 0) is 80.7 Å². The predicted octanol–water partition coefficient (Wildman–Crippen LogP) is 5.14. The fraction of sp³-hybridized carbons (Fsp3) is 0.111. The van der Waals surface area contributed by atoms with Gasteiger partial charge in [-0.3, -0.25) is 14.5 Å². The second-order valence-corrected chi connectivity index (χ2v) is 8.66. The maximum Gasteiger partial charge on any atom is 0.293 e. The molecule has 0 bridgehead atoms. The van der Waals surface area contributed by atoms with Crippen molar-refractivity contribution in [3.05, 3.63) is 65.6 Å². The molecule has 4 nitrogen and oxygen atoms in total. The Labute approximate surface area is 177 Å². The summed E-state index contributed by atoms with van der Waals surface area (Å²) in [6.07, 6.45) is 1.74. The molecule has 1 fully saturated rings. The molecule has 0 saturated carbocycles. The second-order valence-electron chi connectivity index (χ2n) is 5.26. The number of nitrogens with zero attached hydrogens (tertiary/aromatic N) is 1. The summed E-state index contributed by atoms with van der Waals surface area (Å²) < 4.78 is 7.45. The van der Waals surface area contributed by atoms with Crippen LogP contribution in [-0.2, 0) is 11.3 Å². The topological polar surface area (TPSA) is 46.6 Å².